The van der Waals surface area contributed by atoms with Crippen LogP contribution in [0, 0.1) is 0 Å². The highest BCUT2D eigenvalue weighted by Gasteiger charge is 2.32. The van der Waals surface area contributed by atoms with Gasteiger partial charge < -0.3 is 10.4 Å². The van der Waals surface area contributed by atoms with Crippen LogP contribution in [0.25, 0.3) is 0 Å². The van der Waals surface area contributed by atoms with E-state index < -0.39 is 11.4 Å². The van der Waals surface area contributed by atoms with Gasteiger partial charge in [-0.2, -0.15) is 0 Å². The number of carboxylic acid groups (broad SMARTS) is 1. The molecule has 0 aliphatic heterocycles. The lowest BCUT2D eigenvalue weighted by Gasteiger charge is -2.15. The quantitative estimate of drug-likeness (QED) is 0.859. The van der Waals surface area contributed by atoms with Crippen molar-refractivity contribution in [3.8, 4) is 0 Å². The van der Waals surface area contributed by atoms with E-state index in [1.807, 2.05) is 11.4 Å². The standard InChI is InChI=1S/C13H16N2O2S2/c1-13(2,11(16)17)10-8-19-12(15-10)14-6-5-9-4-3-7-18-9/h3-4,7-8H,5-6H2,1-2H3,(H,14,15)(H,16,17). The van der Waals surface area contributed by atoms with E-state index in [2.05, 4.69) is 21.7 Å². The third-order valence-corrected chi connectivity index (χ3v) is 4.64. The van der Waals surface area contributed by atoms with Gasteiger partial charge in [-0.1, -0.05) is 6.07 Å². The highest BCUT2D eigenvalue weighted by atomic mass is 32.1. The molecule has 2 heterocycles. The Morgan fingerprint density at radius 3 is 2.89 bits per heavy atom. The molecule has 0 aliphatic carbocycles. The Morgan fingerprint density at radius 2 is 2.26 bits per heavy atom. The smallest absolute Gasteiger partial charge is 0.315 e. The molecule has 19 heavy (non-hydrogen) atoms. The number of aromatic nitrogens is 1. The first-order valence-electron chi connectivity index (χ1n) is 5.96. The van der Waals surface area contributed by atoms with Crippen LogP contribution in [0.2, 0.25) is 0 Å². The van der Waals surface area contributed by atoms with Crippen molar-refractivity contribution in [2.45, 2.75) is 25.7 Å². The monoisotopic (exact) mass is 296 g/mol. The molecular formula is C13H16N2O2S2. The number of thiophene rings is 1. The lowest BCUT2D eigenvalue weighted by Crippen LogP contribution is -2.28. The molecule has 0 aromatic carbocycles. The molecule has 0 aliphatic rings. The Balaban J connectivity index is 1.92. The van der Waals surface area contributed by atoms with Gasteiger partial charge in [0.15, 0.2) is 5.13 Å². The van der Waals surface area contributed by atoms with Gasteiger partial charge in [0.25, 0.3) is 0 Å². The number of rotatable bonds is 6. The number of aliphatic carboxylic acids is 1. The van der Waals surface area contributed by atoms with Crippen molar-refractivity contribution < 1.29 is 9.90 Å². The van der Waals surface area contributed by atoms with E-state index in [-0.39, 0.29) is 0 Å². The average Bonchev–Trinajstić information content (AvgIpc) is 2.99. The summed E-state index contributed by atoms with van der Waals surface area (Å²) in [5, 5.41) is 17.0. The predicted molar refractivity (Wildman–Crippen MR) is 79.3 cm³/mol. The summed E-state index contributed by atoms with van der Waals surface area (Å²) in [6.07, 6.45) is 0.953. The van der Waals surface area contributed by atoms with E-state index in [1.54, 1.807) is 25.2 Å². The normalized spacial score (nSPS) is 11.5. The molecule has 6 heteroatoms. The van der Waals surface area contributed by atoms with Crippen molar-refractivity contribution in [3.05, 3.63) is 33.5 Å². The summed E-state index contributed by atoms with van der Waals surface area (Å²) in [5.74, 6) is -0.858. The van der Waals surface area contributed by atoms with Crippen molar-refractivity contribution in [3.63, 3.8) is 0 Å². The van der Waals surface area contributed by atoms with Gasteiger partial charge in [0, 0.05) is 16.8 Å². The zero-order valence-corrected chi connectivity index (χ0v) is 12.5. The third kappa shape index (κ3) is 3.33. The number of anilines is 1. The third-order valence-electron chi connectivity index (χ3n) is 2.91. The van der Waals surface area contributed by atoms with E-state index >= 15 is 0 Å². The summed E-state index contributed by atoms with van der Waals surface area (Å²) >= 11 is 3.19. The van der Waals surface area contributed by atoms with Crippen molar-refractivity contribution in [1.82, 2.24) is 4.98 Å². The van der Waals surface area contributed by atoms with Crippen LogP contribution in [-0.2, 0) is 16.6 Å². The Labute approximate surface area is 120 Å². The number of nitrogens with zero attached hydrogens (tertiary/aromatic N) is 1. The minimum absolute atomic E-state index is 0.601. The van der Waals surface area contributed by atoms with E-state index in [1.165, 1.54) is 16.2 Å². The minimum atomic E-state index is -0.940. The zero-order valence-electron chi connectivity index (χ0n) is 10.8. The van der Waals surface area contributed by atoms with E-state index in [0.717, 1.165) is 18.1 Å². The first-order chi connectivity index (χ1) is 9.00. The molecule has 4 nitrogen and oxygen atoms in total. The van der Waals surface area contributed by atoms with Crippen LogP contribution < -0.4 is 5.32 Å². The van der Waals surface area contributed by atoms with Gasteiger partial charge in [0.2, 0.25) is 0 Å². The molecular weight excluding hydrogens is 280 g/mol. The maximum Gasteiger partial charge on any atom is 0.315 e. The van der Waals surface area contributed by atoms with Crippen molar-refractivity contribution in [1.29, 1.82) is 0 Å². The molecule has 0 unspecified atom stereocenters. The Hall–Kier alpha value is -1.40. The van der Waals surface area contributed by atoms with Crippen LogP contribution in [0.1, 0.15) is 24.4 Å². The minimum Gasteiger partial charge on any atom is -0.481 e. The van der Waals surface area contributed by atoms with E-state index in [0.29, 0.717) is 5.69 Å². The number of hydrogen-bond acceptors (Lipinski definition) is 5. The maximum atomic E-state index is 11.1. The van der Waals surface area contributed by atoms with Crippen LogP contribution in [0.5, 0.6) is 0 Å². The first-order valence-corrected chi connectivity index (χ1v) is 7.72. The van der Waals surface area contributed by atoms with Crippen LogP contribution in [0.3, 0.4) is 0 Å². The molecule has 0 fully saturated rings. The van der Waals surface area contributed by atoms with Crippen molar-refractivity contribution in [2.75, 3.05) is 11.9 Å². The zero-order chi connectivity index (χ0) is 13.9. The Bertz CT molecular complexity index is 547. The second-order valence-electron chi connectivity index (χ2n) is 4.72. The summed E-state index contributed by atoms with van der Waals surface area (Å²) < 4.78 is 0. The van der Waals surface area contributed by atoms with Gasteiger partial charge in [0.05, 0.1) is 5.69 Å². The maximum absolute atomic E-state index is 11.1. The van der Waals surface area contributed by atoms with Crippen LogP contribution in [0.4, 0.5) is 5.13 Å². The SMILES string of the molecule is CC(C)(C(=O)O)c1csc(NCCc2cccs2)n1. The van der Waals surface area contributed by atoms with Gasteiger partial charge in [-0.15, -0.1) is 22.7 Å². The van der Waals surface area contributed by atoms with Gasteiger partial charge >= 0.3 is 5.97 Å². The predicted octanol–water partition coefficient (Wildman–Crippen LogP) is 3.22. The Morgan fingerprint density at radius 1 is 1.47 bits per heavy atom. The molecule has 2 aromatic rings. The molecule has 0 amide bonds. The van der Waals surface area contributed by atoms with Crippen LogP contribution in [-0.4, -0.2) is 22.6 Å². The number of nitrogens with one attached hydrogen (secondary N) is 1. The van der Waals surface area contributed by atoms with E-state index in [4.69, 9.17) is 5.11 Å². The summed E-state index contributed by atoms with van der Waals surface area (Å²) in [4.78, 5) is 16.8. The summed E-state index contributed by atoms with van der Waals surface area (Å²) in [6.45, 7) is 4.14. The van der Waals surface area contributed by atoms with Crippen molar-refractivity contribution >= 4 is 33.8 Å². The van der Waals surface area contributed by atoms with Crippen molar-refractivity contribution in [2.24, 2.45) is 0 Å². The molecule has 0 radical (unpaired) electrons. The lowest BCUT2D eigenvalue weighted by atomic mass is 9.90. The highest BCUT2D eigenvalue weighted by Crippen LogP contribution is 2.27. The Kier molecular flexibility index (Phi) is 4.21. The molecule has 0 saturated carbocycles. The van der Waals surface area contributed by atoms with Crippen LogP contribution in [0.15, 0.2) is 22.9 Å². The second kappa shape index (κ2) is 5.71. The summed E-state index contributed by atoms with van der Waals surface area (Å²) in [7, 11) is 0. The molecule has 2 aromatic heterocycles. The molecule has 0 spiro atoms. The van der Waals surface area contributed by atoms with Gasteiger partial charge in [-0.3, -0.25) is 4.79 Å². The second-order valence-corrected chi connectivity index (χ2v) is 6.61. The van der Waals surface area contributed by atoms with Gasteiger partial charge in [-0.05, 0) is 31.7 Å². The fraction of sp³-hybridized carbons (Fsp3) is 0.385. The molecule has 0 atom stereocenters. The highest BCUT2D eigenvalue weighted by molar-refractivity contribution is 7.13. The fourth-order valence-corrected chi connectivity index (χ4v) is 3.12. The van der Waals surface area contributed by atoms with Gasteiger partial charge in [0.1, 0.15) is 5.41 Å². The fourth-order valence-electron chi connectivity index (χ4n) is 1.50. The number of hydrogen-bond donors (Lipinski definition) is 2. The largest absolute Gasteiger partial charge is 0.481 e. The first kappa shape index (κ1) is 14.0. The van der Waals surface area contributed by atoms with Crippen LogP contribution >= 0.6 is 22.7 Å². The molecule has 102 valence electrons. The number of carbonyl (C=O) groups is 1. The topological polar surface area (TPSA) is 62.2 Å². The molecule has 2 N–H and O–H groups in total. The molecule has 2 rings (SSSR count). The summed E-state index contributed by atoms with van der Waals surface area (Å²) in [6, 6.07) is 4.14. The average molecular weight is 296 g/mol. The summed E-state index contributed by atoms with van der Waals surface area (Å²) in [5.41, 5.74) is -0.340. The van der Waals surface area contributed by atoms with E-state index in [9.17, 15) is 4.79 Å². The van der Waals surface area contributed by atoms with Gasteiger partial charge in [-0.25, -0.2) is 4.98 Å². The molecule has 0 saturated heterocycles. The molecule has 0 bridgehead atoms. The number of thiazole rings is 1. The lowest BCUT2D eigenvalue weighted by molar-refractivity contribution is -0.142. The number of carboxylic acids is 1.